The van der Waals surface area contributed by atoms with Crippen LogP contribution in [0.2, 0.25) is 0 Å². The monoisotopic (exact) mass is 391 g/mol. The maximum atomic E-state index is 12.2. The van der Waals surface area contributed by atoms with Gasteiger partial charge in [-0.05, 0) is 46.9 Å². The number of nitrogens with zero attached hydrogens (tertiary/aromatic N) is 4. The number of amides is 1. The first-order valence-corrected chi connectivity index (χ1v) is 7.19. The Balaban J connectivity index is 1.77. The maximum Gasteiger partial charge on any atom is 0.256 e. The van der Waals surface area contributed by atoms with Crippen LogP contribution in [0.3, 0.4) is 0 Å². The van der Waals surface area contributed by atoms with Crippen LogP contribution >= 0.6 is 22.6 Å². The third-order valence-corrected chi connectivity index (χ3v) is 3.75. The Morgan fingerprint density at radius 3 is 2.52 bits per heavy atom. The lowest BCUT2D eigenvalue weighted by atomic mass is 10.2. The van der Waals surface area contributed by atoms with Gasteiger partial charge in [-0.1, -0.05) is 12.1 Å². The molecule has 0 atom stereocenters. The molecule has 1 N–H and O–H groups in total. The predicted octanol–water partition coefficient (Wildman–Crippen LogP) is 2.52. The van der Waals surface area contributed by atoms with Crippen molar-refractivity contribution in [2.45, 2.75) is 0 Å². The van der Waals surface area contributed by atoms with Crippen molar-refractivity contribution in [3.63, 3.8) is 0 Å². The number of carbonyl (C=O) groups is 1. The van der Waals surface area contributed by atoms with Crippen LogP contribution in [-0.2, 0) is 0 Å². The van der Waals surface area contributed by atoms with E-state index in [0.29, 0.717) is 17.1 Å². The van der Waals surface area contributed by atoms with E-state index in [-0.39, 0.29) is 5.91 Å². The molecule has 104 valence electrons. The lowest BCUT2D eigenvalue weighted by molar-refractivity contribution is 0.102. The van der Waals surface area contributed by atoms with Crippen LogP contribution in [0, 0.1) is 3.57 Å². The molecule has 0 radical (unpaired) electrons. The highest BCUT2D eigenvalue weighted by Crippen LogP contribution is 2.15. The van der Waals surface area contributed by atoms with Gasteiger partial charge in [0, 0.05) is 3.57 Å². The third-order valence-electron chi connectivity index (χ3n) is 2.81. The average molecular weight is 391 g/mol. The van der Waals surface area contributed by atoms with Crippen molar-refractivity contribution in [3.05, 3.63) is 64.4 Å². The van der Waals surface area contributed by atoms with Gasteiger partial charge in [0.05, 0.1) is 17.4 Å². The fraction of sp³-hybridized carbons (Fsp3) is 0. The summed E-state index contributed by atoms with van der Waals surface area (Å²) in [7, 11) is 0. The number of nitrogens with one attached hydrogen (secondary N) is 1. The normalized spacial score (nSPS) is 10.3. The smallest absolute Gasteiger partial charge is 0.256 e. The Kier molecular flexibility index (Phi) is 3.91. The molecule has 0 saturated carbocycles. The van der Waals surface area contributed by atoms with E-state index in [1.165, 1.54) is 0 Å². The molecule has 0 aliphatic rings. The molecule has 0 bridgehead atoms. The van der Waals surface area contributed by atoms with Crippen LogP contribution in [-0.4, -0.2) is 25.7 Å². The number of rotatable bonds is 3. The van der Waals surface area contributed by atoms with Crippen molar-refractivity contribution in [3.8, 4) is 5.82 Å². The number of pyridine rings is 1. The van der Waals surface area contributed by atoms with E-state index >= 15 is 0 Å². The number of benzene rings is 1. The summed E-state index contributed by atoms with van der Waals surface area (Å²) in [6.45, 7) is 0. The zero-order chi connectivity index (χ0) is 14.7. The van der Waals surface area contributed by atoms with E-state index in [0.717, 1.165) is 3.57 Å². The van der Waals surface area contributed by atoms with Gasteiger partial charge in [-0.25, -0.2) is 4.98 Å². The second kappa shape index (κ2) is 6.00. The molecule has 2 aromatic heterocycles. The second-order valence-electron chi connectivity index (χ2n) is 4.21. The molecular weight excluding hydrogens is 381 g/mol. The molecule has 0 spiro atoms. The SMILES string of the molecule is O=C(Nc1ccc(-n2cnnc2)nc1)c1ccccc1I. The lowest BCUT2D eigenvalue weighted by Gasteiger charge is -2.07. The Morgan fingerprint density at radius 1 is 1.10 bits per heavy atom. The van der Waals surface area contributed by atoms with Gasteiger partial charge in [0.25, 0.3) is 5.91 Å². The molecule has 21 heavy (non-hydrogen) atoms. The van der Waals surface area contributed by atoms with Crippen molar-refractivity contribution in [2.75, 3.05) is 5.32 Å². The predicted molar refractivity (Wildman–Crippen MR) is 86.3 cm³/mol. The molecule has 0 fully saturated rings. The van der Waals surface area contributed by atoms with Gasteiger partial charge in [0.15, 0.2) is 0 Å². The third kappa shape index (κ3) is 3.07. The summed E-state index contributed by atoms with van der Waals surface area (Å²) in [4.78, 5) is 16.4. The largest absolute Gasteiger partial charge is 0.321 e. The van der Waals surface area contributed by atoms with Gasteiger partial charge < -0.3 is 5.32 Å². The summed E-state index contributed by atoms with van der Waals surface area (Å²) in [5.74, 6) is 0.533. The summed E-state index contributed by atoms with van der Waals surface area (Å²) in [5.41, 5.74) is 1.28. The minimum Gasteiger partial charge on any atom is -0.321 e. The fourth-order valence-electron chi connectivity index (χ4n) is 1.78. The molecule has 0 unspecified atom stereocenters. The highest BCUT2D eigenvalue weighted by molar-refractivity contribution is 14.1. The van der Waals surface area contributed by atoms with Gasteiger partial charge in [-0.2, -0.15) is 0 Å². The number of carbonyl (C=O) groups excluding carboxylic acids is 1. The zero-order valence-corrected chi connectivity index (χ0v) is 12.9. The summed E-state index contributed by atoms with van der Waals surface area (Å²) < 4.78 is 2.59. The number of halogens is 1. The van der Waals surface area contributed by atoms with Gasteiger partial charge in [-0.15, -0.1) is 10.2 Å². The average Bonchev–Trinajstić information content (AvgIpc) is 3.02. The molecule has 6 nitrogen and oxygen atoms in total. The maximum absolute atomic E-state index is 12.2. The van der Waals surface area contributed by atoms with Crippen LogP contribution in [0.5, 0.6) is 0 Å². The minimum absolute atomic E-state index is 0.154. The van der Waals surface area contributed by atoms with Crippen LogP contribution in [0.25, 0.3) is 5.82 Å². The van der Waals surface area contributed by atoms with Gasteiger partial charge in [0.2, 0.25) is 0 Å². The molecule has 0 saturated heterocycles. The van der Waals surface area contributed by atoms with Crippen LogP contribution in [0.15, 0.2) is 55.2 Å². The summed E-state index contributed by atoms with van der Waals surface area (Å²) in [6, 6.07) is 11.0. The van der Waals surface area contributed by atoms with Crippen LogP contribution < -0.4 is 5.32 Å². The first-order chi connectivity index (χ1) is 10.2. The molecule has 1 aromatic carbocycles. The zero-order valence-electron chi connectivity index (χ0n) is 10.8. The molecule has 3 aromatic rings. The standard InChI is InChI=1S/C14H10IN5O/c15-12-4-2-1-3-11(12)14(21)19-10-5-6-13(16-7-10)20-8-17-18-9-20/h1-9H,(H,19,21). The quantitative estimate of drug-likeness (QED) is 0.697. The van der Waals surface area contributed by atoms with E-state index in [4.69, 9.17) is 0 Å². The molecule has 0 aliphatic heterocycles. The molecular formula is C14H10IN5O. The molecule has 7 heteroatoms. The minimum atomic E-state index is -0.154. The van der Waals surface area contributed by atoms with Crippen LogP contribution in [0.4, 0.5) is 5.69 Å². The van der Waals surface area contributed by atoms with Gasteiger partial charge >= 0.3 is 0 Å². The first kappa shape index (κ1) is 13.7. The number of anilines is 1. The lowest BCUT2D eigenvalue weighted by Crippen LogP contribution is -2.13. The molecule has 1 amide bonds. The molecule has 2 heterocycles. The number of hydrogen-bond donors (Lipinski definition) is 1. The fourth-order valence-corrected chi connectivity index (χ4v) is 2.41. The van der Waals surface area contributed by atoms with Crippen molar-refractivity contribution in [2.24, 2.45) is 0 Å². The van der Waals surface area contributed by atoms with Crippen molar-refractivity contribution < 1.29 is 4.79 Å². The Morgan fingerprint density at radius 2 is 1.86 bits per heavy atom. The van der Waals surface area contributed by atoms with Crippen molar-refractivity contribution in [1.82, 2.24) is 19.7 Å². The van der Waals surface area contributed by atoms with E-state index < -0.39 is 0 Å². The van der Waals surface area contributed by atoms with E-state index in [2.05, 4.69) is 43.1 Å². The van der Waals surface area contributed by atoms with E-state index in [1.54, 1.807) is 41.6 Å². The van der Waals surface area contributed by atoms with Crippen molar-refractivity contribution >= 4 is 34.2 Å². The topological polar surface area (TPSA) is 72.7 Å². The Bertz CT molecular complexity index is 755. The summed E-state index contributed by atoms with van der Waals surface area (Å²) in [6.07, 6.45) is 4.73. The Labute approximate surface area is 134 Å². The summed E-state index contributed by atoms with van der Waals surface area (Å²) >= 11 is 2.14. The van der Waals surface area contributed by atoms with Crippen molar-refractivity contribution in [1.29, 1.82) is 0 Å². The van der Waals surface area contributed by atoms with Crippen LogP contribution in [0.1, 0.15) is 10.4 Å². The number of hydrogen-bond acceptors (Lipinski definition) is 4. The van der Waals surface area contributed by atoms with E-state index in [9.17, 15) is 4.79 Å². The van der Waals surface area contributed by atoms with E-state index in [1.807, 2.05) is 18.2 Å². The second-order valence-corrected chi connectivity index (χ2v) is 5.37. The summed E-state index contributed by atoms with van der Waals surface area (Å²) in [5, 5.41) is 10.3. The Hall–Kier alpha value is -2.29. The highest BCUT2D eigenvalue weighted by atomic mass is 127. The van der Waals surface area contributed by atoms with Gasteiger partial charge in [0.1, 0.15) is 18.5 Å². The molecule has 0 aliphatic carbocycles. The van der Waals surface area contributed by atoms with Gasteiger partial charge in [-0.3, -0.25) is 9.36 Å². The number of aromatic nitrogens is 4. The molecule has 3 rings (SSSR count). The highest BCUT2D eigenvalue weighted by Gasteiger charge is 2.09. The first-order valence-electron chi connectivity index (χ1n) is 6.11.